The molecule has 3 aliphatic heterocycles. The van der Waals surface area contributed by atoms with Crippen LogP contribution in [0.3, 0.4) is 0 Å². The van der Waals surface area contributed by atoms with Crippen LogP contribution in [0.2, 0.25) is 0 Å². The van der Waals surface area contributed by atoms with Crippen molar-refractivity contribution in [2.75, 3.05) is 39.3 Å². The average Bonchev–Trinajstić information content (AvgIpc) is 2.95. The molecule has 0 spiro atoms. The highest BCUT2D eigenvalue weighted by Gasteiger charge is 2.51. The monoisotopic (exact) mass is 608 g/mol. The van der Waals surface area contributed by atoms with Crippen LogP contribution in [-0.4, -0.2) is 162 Å². The van der Waals surface area contributed by atoms with Gasteiger partial charge in [0.05, 0.1) is 37.4 Å². The molecule has 18 heteroatoms. The van der Waals surface area contributed by atoms with E-state index in [9.17, 15) is 30.4 Å². The molecule has 16 N–H and O–H groups in total. The van der Waals surface area contributed by atoms with Crippen LogP contribution in [0.5, 0.6) is 0 Å². The third-order valence-corrected chi connectivity index (χ3v) is 8.37. The summed E-state index contributed by atoms with van der Waals surface area (Å²) in [5.74, 6) is 0. The fourth-order valence-electron chi connectivity index (χ4n) is 5.76. The fraction of sp³-hybridized carbons (Fsp3) is 0.958. The zero-order valence-electron chi connectivity index (χ0n) is 23.5. The fourth-order valence-corrected chi connectivity index (χ4v) is 5.76. The van der Waals surface area contributed by atoms with E-state index in [0.717, 1.165) is 25.9 Å². The molecule has 4 aliphatic rings. The molecular formula is C24H48N8O10. The molecule has 2 amide bonds. The average molecular weight is 609 g/mol. The zero-order chi connectivity index (χ0) is 30.6. The van der Waals surface area contributed by atoms with Gasteiger partial charge in [0.25, 0.3) is 0 Å². The Balaban J connectivity index is 1.54. The van der Waals surface area contributed by atoms with Gasteiger partial charge in [-0.3, -0.25) is 5.21 Å². The molecule has 1 aliphatic carbocycles. The summed E-state index contributed by atoms with van der Waals surface area (Å²) in [5.41, 5.74) is 23.7. The van der Waals surface area contributed by atoms with Gasteiger partial charge in [0, 0.05) is 38.3 Å². The standard InChI is InChI=1S/C24H48N8O10/c25-3-4-32(38)24(37)31-14-5-12(27)20(41-22-13(30-10-7-29-8-10)2-1-11(6-26)39-22)19(36)21(14)42-23-18(35)16(28)17(34)15(9-33)40-23/h10-23,29-30,33-36,38H,1-9,25-28H2,(H,31,37)/t11-,12-,13+,14+,15+,16-,17+,18+,19-,20?,21-,22+,23+/m0/s1. The largest absolute Gasteiger partial charge is 0.394 e. The number of amides is 2. The molecule has 0 bridgehead atoms. The summed E-state index contributed by atoms with van der Waals surface area (Å²) in [6.45, 7) is 1.10. The molecule has 4 fully saturated rings. The minimum absolute atomic E-state index is 0.00522. The van der Waals surface area contributed by atoms with E-state index in [4.69, 9.17) is 41.9 Å². The first-order valence-corrected chi connectivity index (χ1v) is 14.5. The van der Waals surface area contributed by atoms with Gasteiger partial charge in [0.15, 0.2) is 12.6 Å². The van der Waals surface area contributed by atoms with Crippen LogP contribution in [0.25, 0.3) is 0 Å². The van der Waals surface area contributed by atoms with Crippen LogP contribution < -0.4 is 38.9 Å². The van der Waals surface area contributed by atoms with Crippen molar-refractivity contribution in [2.24, 2.45) is 22.9 Å². The predicted octanol–water partition coefficient (Wildman–Crippen LogP) is -6.26. The Morgan fingerprint density at radius 1 is 0.976 bits per heavy atom. The highest BCUT2D eigenvalue weighted by Crippen LogP contribution is 2.32. The zero-order valence-corrected chi connectivity index (χ0v) is 23.5. The van der Waals surface area contributed by atoms with Gasteiger partial charge in [-0.2, -0.15) is 0 Å². The Bertz CT molecular complexity index is 862. The molecule has 0 aromatic carbocycles. The molecule has 0 aromatic rings. The van der Waals surface area contributed by atoms with Crippen LogP contribution in [0.1, 0.15) is 19.3 Å². The number of carbonyl (C=O) groups excluding carboxylic acids is 1. The van der Waals surface area contributed by atoms with E-state index < -0.39 is 80.0 Å². The van der Waals surface area contributed by atoms with Crippen LogP contribution in [0.4, 0.5) is 4.79 Å². The molecule has 18 nitrogen and oxygen atoms in total. The number of hydrogen-bond donors (Lipinski definition) is 12. The molecule has 244 valence electrons. The first-order chi connectivity index (χ1) is 20.1. The van der Waals surface area contributed by atoms with Gasteiger partial charge >= 0.3 is 6.03 Å². The maximum Gasteiger partial charge on any atom is 0.341 e. The van der Waals surface area contributed by atoms with Gasteiger partial charge in [-0.25, -0.2) is 9.86 Å². The van der Waals surface area contributed by atoms with Crippen molar-refractivity contribution in [3.63, 3.8) is 0 Å². The van der Waals surface area contributed by atoms with Crippen molar-refractivity contribution in [2.45, 2.75) is 105 Å². The number of urea groups is 1. The van der Waals surface area contributed by atoms with Gasteiger partial charge in [-0.1, -0.05) is 0 Å². The van der Waals surface area contributed by atoms with E-state index in [1.807, 2.05) is 0 Å². The molecule has 0 radical (unpaired) electrons. The van der Waals surface area contributed by atoms with Crippen LogP contribution in [0, 0.1) is 0 Å². The maximum absolute atomic E-state index is 12.6. The number of nitrogens with zero attached hydrogens (tertiary/aromatic N) is 1. The van der Waals surface area contributed by atoms with Crippen molar-refractivity contribution < 1.29 is 49.4 Å². The highest BCUT2D eigenvalue weighted by atomic mass is 16.7. The lowest BCUT2D eigenvalue weighted by Crippen LogP contribution is -2.69. The molecule has 4 rings (SSSR count). The molecule has 13 atom stereocenters. The summed E-state index contributed by atoms with van der Waals surface area (Å²) in [6.07, 6.45) is -9.06. The minimum atomic E-state index is -1.55. The number of rotatable bonds is 11. The second-order valence-electron chi connectivity index (χ2n) is 11.4. The Hall–Kier alpha value is -1.33. The summed E-state index contributed by atoms with van der Waals surface area (Å²) in [4.78, 5) is 12.6. The van der Waals surface area contributed by atoms with Crippen molar-refractivity contribution in [3.05, 3.63) is 0 Å². The van der Waals surface area contributed by atoms with Crippen molar-refractivity contribution in [3.8, 4) is 0 Å². The topological polar surface area (TPSA) is 299 Å². The third kappa shape index (κ3) is 7.65. The predicted molar refractivity (Wildman–Crippen MR) is 144 cm³/mol. The number of nitrogens with one attached hydrogen (secondary N) is 3. The maximum atomic E-state index is 12.6. The quantitative estimate of drug-likeness (QED) is 0.0766. The number of aliphatic hydroxyl groups excluding tert-OH is 4. The van der Waals surface area contributed by atoms with Crippen molar-refractivity contribution in [1.29, 1.82) is 0 Å². The van der Waals surface area contributed by atoms with Gasteiger partial charge in [-0.05, 0) is 19.3 Å². The molecule has 42 heavy (non-hydrogen) atoms. The summed E-state index contributed by atoms with van der Waals surface area (Å²) >= 11 is 0. The molecular weight excluding hydrogens is 560 g/mol. The first-order valence-electron chi connectivity index (χ1n) is 14.5. The molecule has 0 aromatic heterocycles. The number of ether oxygens (including phenoxy) is 4. The Kier molecular flexibility index (Phi) is 12.1. The summed E-state index contributed by atoms with van der Waals surface area (Å²) in [5, 5.41) is 61.9. The van der Waals surface area contributed by atoms with E-state index in [2.05, 4.69) is 16.0 Å². The van der Waals surface area contributed by atoms with Gasteiger partial charge in [0.2, 0.25) is 0 Å². The normalized spacial score (nSPS) is 43.0. The minimum Gasteiger partial charge on any atom is -0.394 e. The lowest BCUT2D eigenvalue weighted by atomic mass is 9.83. The van der Waals surface area contributed by atoms with E-state index in [0.29, 0.717) is 5.06 Å². The van der Waals surface area contributed by atoms with Crippen molar-refractivity contribution >= 4 is 6.03 Å². The summed E-state index contributed by atoms with van der Waals surface area (Å²) in [6, 6.07) is -3.95. The highest BCUT2D eigenvalue weighted by molar-refractivity contribution is 5.73. The van der Waals surface area contributed by atoms with E-state index >= 15 is 0 Å². The van der Waals surface area contributed by atoms with Crippen LogP contribution >= 0.6 is 0 Å². The molecule has 1 saturated carbocycles. The number of carbonyl (C=O) groups is 1. The first kappa shape index (κ1) is 33.6. The SMILES string of the molecule is NCCN(O)C(=O)N[C@@H]1C[C@H](N)C(O[C@H]2O[C@H](CN)CC[C@H]2NC2CNC2)[C@H](O)[C@H]1O[C@H]1O[C@H](CO)[C@@H](O)[C@H](N)[C@H]1O. The number of nitrogens with two attached hydrogens (primary N) is 4. The second-order valence-corrected chi connectivity index (χ2v) is 11.4. The van der Waals surface area contributed by atoms with E-state index in [1.165, 1.54) is 0 Å². The summed E-state index contributed by atoms with van der Waals surface area (Å²) in [7, 11) is 0. The lowest BCUT2D eigenvalue weighted by molar-refractivity contribution is -0.314. The second kappa shape index (κ2) is 15.1. The number of aliphatic hydroxyl groups is 4. The van der Waals surface area contributed by atoms with Crippen LogP contribution in [-0.2, 0) is 18.9 Å². The van der Waals surface area contributed by atoms with Gasteiger partial charge in [-0.15, -0.1) is 0 Å². The summed E-state index contributed by atoms with van der Waals surface area (Å²) < 4.78 is 24.0. The molecule has 1 unspecified atom stereocenters. The molecule has 3 heterocycles. The van der Waals surface area contributed by atoms with Crippen LogP contribution in [0.15, 0.2) is 0 Å². The van der Waals surface area contributed by atoms with E-state index in [-0.39, 0.29) is 44.2 Å². The Morgan fingerprint density at radius 2 is 1.69 bits per heavy atom. The lowest BCUT2D eigenvalue weighted by Gasteiger charge is -2.49. The number of hydrogen-bond acceptors (Lipinski definition) is 16. The van der Waals surface area contributed by atoms with Gasteiger partial charge < -0.3 is 78.3 Å². The Labute approximate surface area is 243 Å². The molecule has 3 saturated heterocycles. The van der Waals surface area contributed by atoms with Gasteiger partial charge in [0.1, 0.15) is 36.6 Å². The third-order valence-electron chi connectivity index (χ3n) is 8.37. The van der Waals surface area contributed by atoms with E-state index in [1.54, 1.807) is 0 Å². The van der Waals surface area contributed by atoms with Crippen molar-refractivity contribution in [1.82, 2.24) is 21.0 Å². The smallest absolute Gasteiger partial charge is 0.341 e. The number of hydroxylamine groups is 2. The Morgan fingerprint density at radius 3 is 2.31 bits per heavy atom.